The van der Waals surface area contributed by atoms with Gasteiger partial charge < -0.3 is 9.88 Å². The summed E-state index contributed by atoms with van der Waals surface area (Å²) >= 11 is 0. The monoisotopic (exact) mass is 203 g/mol. The molecule has 0 saturated carbocycles. The molecule has 2 rings (SSSR count). The molecule has 0 aliphatic rings. The molecule has 15 heavy (non-hydrogen) atoms. The molecule has 5 nitrogen and oxygen atoms in total. The molecule has 2 heterocycles. The van der Waals surface area contributed by atoms with Crippen LogP contribution >= 0.6 is 0 Å². The number of aryl methyl sites for hydroxylation is 1. The van der Waals surface area contributed by atoms with E-state index in [-0.39, 0.29) is 0 Å². The van der Waals surface area contributed by atoms with E-state index in [2.05, 4.69) is 20.5 Å². The van der Waals surface area contributed by atoms with Crippen LogP contribution in [0.4, 0.5) is 5.82 Å². The third-order valence-electron chi connectivity index (χ3n) is 2.03. The fourth-order valence-corrected chi connectivity index (χ4v) is 1.23. The van der Waals surface area contributed by atoms with E-state index in [1.54, 1.807) is 12.5 Å². The van der Waals surface area contributed by atoms with Crippen molar-refractivity contribution in [2.24, 2.45) is 0 Å². The van der Waals surface area contributed by atoms with Crippen molar-refractivity contribution in [3.8, 4) is 0 Å². The number of nitrogens with one attached hydrogen (secondary N) is 1. The Kier molecular flexibility index (Phi) is 2.92. The number of anilines is 1. The van der Waals surface area contributed by atoms with Gasteiger partial charge in [0, 0.05) is 25.5 Å². The number of imidazole rings is 1. The van der Waals surface area contributed by atoms with Crippen molar-refractivity contribution >= 4 is 5.82 Å². The van der Waals surface area contributed by atoms with Crippen LogP contribution in [0.25, 0.3) is 0 Å². The average Bonchev–Trinajstić information content (AvgIpc) is 2.74. The van der Waals surface area contributed by atoms with Crippen molar-refractivity contribution in [2.75, 3.05) is 11.9 Å². The summed E-state index contributed by atoms with van der Waals surface area (Å²) in [5, 5.41) is 11.2. The van der Waals surface area contributed by atoms with Gasteiger partial charge >= 0.3 is 0 Å². The fraction of sp³-hybridized carbons (Fsp3) is 0.300. The van der Waals surface area contributed by atoms with E-state index >= 15 is 0 Å². The number of hydrogen-bond donors (Lipinski definition) is 1. The molecule has 0 atom stereocenters. The Morgan fingerprint density at radius 2 is 2.27 bits per heavy atom. The Morgan fingerprint density at radius 1 is 1.33 bits per heavy atom. The Balaban J connectivity index is 1.81. The van der Waals surface area contributed by atoms with Crippen LogP contribution in [0.15, 0.2) is 30.9 Å². The minimum absolute atomic E-state index is 0.806. The van der Waals surface area contributed by atoms with Crippen LogP contribution in [0.3, 0.4) is 0 Å². The molecule has 0 saturated heterocycles. The highest BCUT2D eigenvalue weighted by Gasteiger charge is 1.94. The van der Waals surface area contributed by atoms with Crippen LogP contribution < -0.4 is 5.32 Å². The lowest BCUT2D eigenvalue weighted by molar-refractivity contribution is 0.723. The van der Waals surface area contributed by atoms with Gasteiger partial charge in [-0.1, -0.05) is 0 Å². The molecule has 0 spiro atoms. The minimum Gasteiger partial charge on any atom is -0.367 e. The largest absolute Gasteiger partial charge is 0.367 e. The molecule has 78 valence electrons. The Morgan fingerprint density at radius 3 is 2.93 bits per heavy atom. The second kappa shape index (κ2) is 4.54. The van der Waals surface area contributed by atoms with Crippen LogP contribution in [0, 0.1) is 6.92 Å². The van der Waals surface area contributed by atoms with E-state index in [1.165, 1.54) is 0 Å². The molecule has 0 aliphatic heterocycles. The van der Waals surface area contributed by atoms with E-state index in [9.17, 15) is 0 Å². The summed E-state index contributed by atoms with van der Waals surface area (Å²) in [5.41, 5.74) is 0.926. The molecule has 2 aromatic rings. The Hall–Kier alpha value is -1.91. The van der Waals surface area contributed by atoms with Gasteiger partial charge in [-0.3, -0.25) is 0 Å². The van der Waals surface area contributed by atoms with Crippen LogP contribution in [-0.2, 0) is 6.54 Å². The highest BCUT2D eigenvalue weighted by Crippen LogP contribution is 2.00. The van der Waals surface area contributed by atoms with E-state index in [1.807, 2.05) is 29.8 Å². The Labute approximate surface area is 88.2 Å². The predicted octanol–water partition coefficient (Wildman–Crippen LogP) is 1.09. The second-order valence-electron chi connectivity index (χ2n) is 3.29. The van der Waals surface area contributed by atoms with Crippen LogP contribution in [0.1, 0.15) is 5.69 Å². The van der Waals surface area contributed by atoms with Crippen molar-refractivity contribution in [1.82, 2.24) is 19.7 Å². The molecule has 0 unspecified atom stereocenters. The topological polar surface area (TPSA) is 55.6 Å². The van der Waals surface area contributed by atoms with Gasteiger partial charge in [-0.2, -0.15) is 5.10 Å². The van der Waals surface area contributed by atoms with Crippen LogP contribution in [-0.4, -0.2) is 26.3 Å². The third kappa shape index (κ3) is 2.77. The average molecular weight is 203 g/mol. The SMILES string of the molecule is Cc1ccc(NCCn2ccnc2)nn1. The van der Waals surface area contributed by atoms with Gasteiger partial charge in [-0.05, 0) is 19.1 Å². The van der Waals surface area contributed by atoms with Gasteiger partial charge in [-0.15, -0.1) is 5.10 Å². The van der Waals surface area contributed by atoms with Gasteiger partial charge in [0.2, 0.25) is 0 Å². The van der Waals surface area contributed by atoms with Crippen molar-refractivity contribution in [3.63, 3.8) is 0 Å². The molecule has 0 aromatic carbocycles. The quantitative estimate of drug-likeness (QED) is 0.808. The number of hydrogen-bond acceptors (Lipinski definition) is 4. The third-order valence-corrected chi connectivity index (χ3v) is 2.03. The highest BCUT2D eigenvalue weighted by atomic mass is 15.2. The summed E-state index contributed by atoms with van der Waals surface area (Å²) in [5.74, 6) is 0.806. The smallest absolute Gasteiger partial charge is 0.148 e. The maximum atomic E-state index is 4.01. The first-order valence-corrected chi connectivity index (χ1v) is 4.84. The molecular formula is C10H13N5. The van der Waals surface area contributed by atoms with E-state index < -0.39 is 0 Å². The number of aromatic nitrogens is 4. The lowest BCUT2D eigenvalue weighted by Gasteiger charge is -2.05. The van der Waals surface area contributed by atoms with Crippen LogP contribution in [0.5, 0.6) is 0 Å². The summed E-state index contributed by atoms with van der Waals surface area (Å²) in [6.45, 7) is 3.60. The van der Waals surface area contributed by atoms with E-state index in [0.29, 0.717) is 0 Å². The van der Waals surface area contributed by atoms with Crippen molar-refractivity contribution < 1.29 is 0 Å². The lowest BCUT2D eigenvalue weighted by atomic mass is 10.4. The lowest BCUT2D eigenvalue weighted by Crippen LogP contribution is -2.10. The van der Waals surface area contributed by atoms with Gasteiger partial charge in [0.15, 0.2) is 0 Å². The first-order valence-electron chi connectivity index (χ1n) is 4.84. The molecule has 2 aromatic heterocycles. The normalized spacial score (nSPS) is 10.2. The molecular weight excluding hydrogens is 190 g/mol. The molecule has 5 heteroatoms. The zero-order chi connectivity index (χ0) is 10.5. The molecule has 1 N–H and O–H groups in total. The standard InChI is InChI=1S/C10H13N5/c1-9-2-3-10(14-13-9)12-5-7-15-6-4-11-8-15/h2-4,6,8H,5,7H2,1H3,(H,12,14). The molecule has 0 bridgehead atoms. The summed E-state index contributed by atoms with van der Waals surface area (Å²) in [6.07, 6.45) is 5.50. The van der Waals surface area contributed by atoms with Crippen molar-refractivity contribution in [1.29, 1.82) is 0 Å². The predicted molar refractivity (Wildman–Crippen MR) is 57.5 cm³/mol. The zero-order valence-corrected chi connectivity index (χ0v) is 8.59. The molecule has 0 radical (unpaired) electrons. The second-order valence-corrected chi connectivity index (χ2v) is 3.29. The van der Waals surface area contributed by atoms with E-state index in [0.717, 1.165) is 24.6 Å². The van der Waals surface area contributed by atoms with Crippen molar-refractivity contribution in [2.45, 2.75) is 13.5 Å². The summed E-state index contributed by atoms with van der Waals surface area (Å²) in [4.78, 5) is 3.97. The van der Waals surface area contributed by atoms with Gasteiger partial charge in [0.1, 0.15) is 5.82 Å². The summed E-state index contributed by atoms with van der Waals surface area (Å²) < 4.78 is 2.01. The number of rotatable bonds is 4. The maximum absolute atomic E-state index is 4.01. The molecule has 0 amide bonds. The fourth-order valence-electron chi connectivity index (χ4n) is 1.23. The minimum atomic E-state index is 0.806. The highest BCUT2D eigenvalue weighted by molar-refractivity contribution is 5.32. The first kappa shape index (κ1) is 9.64. The van der Waals surface area contributed by atoms with Crippen molar-refractivity contribution in [3.05, 3.63) is 36.5 Å². The maximum Gasteiger partial charge on any atom is 0.148 e. The first-order chi connectivity index (χ1) is 7.34. The van der Waals surface area contributed by atoms with Gasteiger partial charge in [0.05, 0.1) is 12.0 Å². The van der Waals surface area contributed by atoms with E-state index in [4.69, 9.17) is 0 Å². The zero-order valence-electron chi connectivity index (χ0n) is 8.59. The van der Waals surface area contributed by atoms with Crippen LogP contribution in [0.2, 0.25) is 0 Å². The van der Waals surface area contributed by atoms with Gasteiger partial charge in [-0.25, -0.2) is 4.98 Å². The number of nitrogens with zero attached hydrogens (tertiary/aromatic N) is 4. The Bertz CT molecular complexity index is 392. The summed E-state index contributed by atoms with van der Waals surface area (Å²) in [7, 11) is 0. The molecule has 0 fully saturated rings. The molecule has 0 aliphatic carbocycles. The van der Waals surface area contributed by atoms with Gasteiger partial charge in [0.25, 0.3) is 0 Å². The summed E-state index contributed by atoms with van der Waals surface area (Å²) in [6, 6.07) is 3.86.